The fourth-order valence-electron chi connectivity index (χ4n) is 6.52. The summed E-state index contributed by atoms with van der Waals surface area (Å²) in [7, 11) is 0. The van der Waals surface area contributed by atoms with Gasteiger partial charge in [0.15, 0.2) is 17.3 Å². The minimum Gasteiger partial charge on any atom is -0.508 e. The number of phenols is 3. The first kappa shape index (κ1) is 36.3. The topological polar surface area (TPSA) is 310 Å². The second-order valence-corrected chi connectivity index (χ2v) is 12.6. The Morgan fingerprint density at radius 3 is 2.10 bits per heavy atom. The van der Waals surface area contributed by atoms with Crippen LogP contribution in [0.4, 0.5) is 0 Å². The highest BCUT2D eigenvalue weighted by molar-refractivity contribution is 5.92. The van der Waals surface area contributed by atoms with Crippen molar-refractivity contribution in [2.45, 2.75) is 92.6 Å². The molecular weight excluding hydrogens is 672 g/mol. The van der Waals surface area contributed by atoms with E-state index in [4.69, 9.17) is 23.4 Å². The van der Waals surface area contributed by atoms with Gasteiger partial charge in [0.05, 0.1) is 30.4 Å². The largest absolute Gasteiger partial charge is 0.508 e. The molecule has 3 aliphatic rings. The van der Waals surface area contributed by atoms with Gasteiger partial charge in [0.2, 0.25) is 0 Å². The maximum Gasteiger partial charge on any atom is 0.197 e. The first-order chi connectivity index (χ1) is 23.7. The summed E-state index contributed by atoms with van der Waals surface area (Å²) in [5.41, 5.74) is -2.53. The number of rotatable bonds is 6. The van der Waals surface area contributed by atoms with Crippen molar-refractivity contribution in [2.75, 3.05) is 13.2 Å². The van der Waals surface area contributed by atoms with Crippen molar-refractivity contribution in [3.63, 3.8) is 0 Å². The van der Waals surface area contributed by atoms with E-state index in [-0.39, 0.29) is 17.1 Å². The van der Waals surface area contributed by atoms with E-state index in [2.05, 4.69) is 0 Å². The molecule has 2 aromatic carbocycles. The molecule has 0 spiro atoms. The number of hydrogen-bond acceptors (Lipinski definition) is 18. The summed E-state index contributed by atoms with van der Waals surface area (Å²) >= 11 is 0. The zero-order valence-corrected chi connectivity index (χ0v) is 26.2. The molecule has 0 amide bonds. The number of hydrogen-bond donors (Lipinski definition) is 12. The summed E-state index contributed by atoms with van der Waals surface area (Å²) in [6.07, 6.45) is -24.7. The Bertz CT molecular complexity index is 1750. The highest BCUT2D eigenvalue weighted by atomic mass is 16.7. The molecule has 50 heavy (non-hydrogen) atoms. The maximum atomic E-state index is 13.8. The predicted molar refractivity (Wildman–Crippen MR) is 164 cm³/mol. The van der Waals surface area contributed by atoms with Crippen LogP contribution in [0.25, 0.3) is 22.3 Å². The third kappa shape index (κ3) is 6.11. The number of fused-ring (bicyclic) bond motifs is 1. The quantitative estimate of drug-likeness (QED) is 0.122. The molecule has 6 rings (SSSR count). The Morgan fingerprint density at radius 2 is 1.44 bits per heavy atom. The van der Waals surface area contributed by atoms with Gasteiger partial charge in [-0.2, -0.15) is 0 Å². The van der Waals surface area contributed by atoms with Crippen LogP contribution >= 0.6 is 0 Å². The van der Waals surface area contributed by atoms with Gasteiger partial charge < -0.3 is 84.6 Å². The Balaban J connectivity index is 1.60. The minimum atomic E-state index is -2.02. The van der Waals surface area contributed by atoms with E-state index in [1.807, 2.05) is 0 Å². The Hall–Kier alpha value is -3.47. The Morgan fingerprint density at radius 1 is 0.760 bits per heavy atom. The summed E-state index contributed by atoms with van der Waals surface area (Å²) in [5, 5.41) is 127. The first-order valence-corrected chi connectivity index (χ1v) is 15.6. The monoisotopic (exact) mass is 710 g/mol. The summed E-state index contributed by atoms with van der Waals surface area (Å²) in [6, 6.07) is 6.33. The number of ether oxygens (including phenoxy) is 4. The van der Waals surface area contributed by atoms with Crippen molar-refractivity contribution in [1.29, 1.82) is 0 Å². The zero-order valence-electron chi connectivity index (χ0n) is 26.2. The van der Waals surface area contributed by atoms with Crippen molar-refractivity contribution in [3.05, 3.63) is 51.7 Å². The lowest BCUT2D eigenvalue weighted by molar-refractivity contribution is -0.338. The highest BCUT2D eigenvalue weighted by Crippen LogP contribution is 2.51. The molecule has 0 saturated carbocycles. The van der Waals surface area contributed by atoms with Crippen LogP contribution in [0.1, 0.15) is 30.3 Å². The second kappa shape index (κ2) is 13.9. The van der Waals surface area contributed by atoms with Crippen molar-refractivity contribution in [1.82, 2.24) is 0 Å². The standard InChI is InChI=1S/C32H38O18/c1-9-19(37)24(42)27(45)32(47-9)50-31-26(44)21(39)15(7-33)49-30(31)18-23(41)17(29-25(43)20(38)13(36)8-46-29)22(40)16-12(35)6-14(48-28(16)18)10-2-4-11(34)5-3-10/h2-6,9,13,15,19-21,24-27,29-34,36-45H,7-8H2,1H3/t9-,13+,15+,19-,20+,21+,24+,25-,26-,27+,29+,30-,31+,32-/m0/s1. The molecule has 18 heteroatoms. The molecule has 274 valence electrons. The maximum absolute atomic E-state index is 13.8. The van der Waals surface area contributed by atoms with Gasteiger partial charge in [0.1, 0.15) is 102 Å². The van der Waals surface area contributed by atoms with E-state index in [1.165, 1.54) is 31.2 Å². The van der Waals surface area contributed by atoms with Crippen LogP contribution in [-0.2, 0) is 18.9 Å². The van der Waals surface area contributed by atoms with E-state index in [0.717, 1.165) is 6.07 Å². The van der Waals surface area contributed by atoms with Gasteiger partial charge in [0.25, 0.3) is 0 Å². The first-order valence-electron chi connectivity index (χ1n) is 15.6. The molecule has 0 unspecified atom stereocenters. The highest BCUT2D eigenvalue weighted by Gasteiger charge is 2.52. The molecular formula is C32H38O18. The SMILES string of the molecule is C[C@@H]1O[C@@H](O[C@@H]2[C@@H](O)[C@H](O)[C@@H](CO)O[C@H]2c2c(O)c([C@H]3OC[C@@H](O)[C@@H](O)[C@@H]3O)c(O)c3c(=O)cc(-c4ccc(O)cc4)oc23)[C@H](O)[C@H](O)[C@H]1O. The summed E-state index contributed by atoms with van der Waals surface area (Å²) in [4.78, 5) is 13.8. The molecule has 3 aromatic rings. The Labute approximate surface area is 281 Å². The molecule has 0 radical (unpaired) electrons. The van der Waals surface area contributed by atoms with Gasteiger partial charge in [-0.15, -0.1) is 0 Å². The normalized spacial score (nSPS) is 38.0. The van der Waals surface area contributed by atoms with Gasteiger partial charge in [-0.3, -0.25) is 4.79 Å². The molecule has 3 saturated heterocycles. The van der Waals surface area contributed by atoms with Crippen LogP contribution in [-0.4, -0.2) is 148 Å². The molecule has 0 bridgehead atoms. The molecule has 3 fully saturated rings. The van der Waals surface area contributed by atoms with E-state index < -0.39 is 138 Å². The fraction of sp³-hybridized carbons (Fsp3) is 0.531. The van der Waals surface area contributed by atoms with Gasteiger partial charge in [-0.25, -0.2) is 0 Å². The number of benzene rings is 2. The number of phenolic OH excluding ortho intramolecular Hbond substituents is 3. The average molecular weight is 711 g/mol. The van der Waals surface area contributed by atoms with Crippen LogP contribution in [0, 0.1) is 0 Å². The van der Waals surface area contributed by atoms with Crippen molar-refractivity contribution >= 4 is 11.0 Å². The Kier molecular flexibility index (Phi) is 10.1. The lowest BCUT2D eigenvalue weighted by Gasteiger charge is -2.46. The molecule has 0 aliphatic carbocycles. The van der Waals surface area contributed by atoms with Crippen LogP contribution in [0.5, 0.6) is 17.2 Å². The third-order valence-corrected chi connectivity index (χ3v) is 9.38. The third-order valence-electron chi connectivity index (χ3n) is 9.38. The van der Waals surface area contributed by atoms with Crippen LogP contribution in [0.3, 0.4) is 0 Å². The van der Waals surface area contributed by atoms with Gasteiger partial charge in [-0.05, 0) is 31.2 Å². The average Bonchev–Trinajstić information content (AvgIpc) is 3.08. The lowest BCUT2D eigenvalue weighted by atomic mass is 9.85. The van der Waals surface area contributed by atoms with Crippen molar-refractivity contribution < 1.29 is 84.6 Å². The predicted octanol–water partition coefficient (Wildman–Crippen LogP) is -2.90. The summed E-state index contributed by atoms with van der Waals surface area (Å²) < 4.78 is 28.9. The fourth-order valence-corrected chi connectivity index (χ4v) is 6.52. The van der Waals surface area contributed by atoms with Crippen molar-refractivity contribution in [2.24, 2.45) is 0 Å². The van der Waals surface area contributed by atoms with E-state index in [1.54, 1.807) is 0 Å². The molecule has 1 aromatic heterocycles. The minimum absolute atomic E-state index is 0.117. The number of aromatic hydroxyl groups is 3. The van der Waals surface area contributed by atoms with E-state index in [0.29, 0.717) is 0 Å². The molecule has 3 aliphatic heterocycles. The number of aliphatic hydroxyl groups is 9. The second-order valence-electron chi connectivity index (χ2n) is 12.6. The molecule has 18 nitrogen and oxygen atoms in total. The van der Waals surface area contributed by atoms with Crippen molar-refractivity contribution in [3.8, 4) is 28.6 Å². The summed E-state index contributed by atoms with van der Waals surface area (Å²) in [5.74, 6) is -2.24. The lowest BCUT2D eigenvalue weighted by Crippen LogP contribution is -2.61. The zero-order chi connectivity index (χ0) is 36.3. The smallest absolute Gasteiger partial charge is 0.197 e. The number of aliphatic hydroxyl groups excluding tert-OH is 9. The summed E-state index contributed by atoms with van der Waals surface area (Å²) in [6.45, 7) is -0.146. The van der Waals surface area contributed by atoms with E-state index >= 15 is 0 Å². The van der Waals surface area contributed by atoms with Gasteiger partial charge >= 0.3 is 0 Å². The van der Waals surface area contributed by atoms with Crippen LogP contribution in [0.15, 0.2) is 39.5 Å². The van der Waals surface area contributed by atoms with Gasteiger partial charge in [0, 0.05) is 11.6 Å². The molecule has 14 atom stereocenters. The van der Waals surface area contributed by atoms with Crippen LogP contribution < -0.4 is 5.43 Å². The van der Waals surface area contributed by atoms with Crippen LogP contribution in [0.2, 0.25) is 0 Å². The van der Waals surface area contributed by atoms with Gasteiger partial charge in [-0.1, -0.05) is 0 Å². The van der Waals surface area contributed by atoms with E-state index in [9.17, 15) is 66.1 Å². The molecule has 12 N–H and O–H groups in total. The molecule has 4 heterocycles.